The number of hydrogen-bond donors (Lipinski definition) is 3. The third kappa shape index (κ3) is 4.58. The summed E-state index contributed by atoms with van der Waals surface area (Å²) in [4.78, 5) is 15.1. The predicted molar refractivity (Wildman–Crippen MR) is 82.9 cm³/mol. The SMILES string of the molecule is C[C@@H](NC(=O)C[NH+]1CC[NH+](C)CC1)c1ccc(Br)cc1. The minimum absolute atomic E-state index is 0.0630. The Morgan fingerprint density at radius 3 is 2.45 bits per heavy atom. The van der Waals surface area contributed by atoms with Crippen LogP contribution in [0.5, 0.6) is 0 Å². The summed E-state index contributed by atoms with van der Waals surface area (Å²) in [5.41, 5.74) is 1.14. The van der Waals surface area contributed by atoms with Gasteiger partial charge in [-0.3, -0.25) is 4.79 Å². The summed E-state index contributed by atoms with van der Waals surface area (Å²) in [5.74, 6) is 0.148. The number of hydrogen-bond acceptors (Lipinski definition) is 1. The van der Waals surface area contributed by atoms with Gasteiger partial charge in [-0.15, -0.1) is 0 Å². The predicted octanol–water partition coefficient (Wildman–Crippen LogP) is -0.960. The van der Waals surface area contributed by atoms with Crippen LogP contribution in [0.2, 0.25) is 0 Å². The summed E-state index contributed by atoms with van der Waals surface area (Å²) >= 11 is 3.42. The molecule has 0 radical (unpaired) electrons. The molecule has 0 aromatic heterocycles. The Kier molecular flexibility index (Phi) is 5.57. The number of benzene rings is 1. The molecule has 5 heteroatoms. The molecule has 1 heterocycles. The van der Waals surface area contributed by atoms with E-state index in [0.29, 0.717) is 6.54 Å². The number of quaternary nitrogens is 2. The summed E-state index contributed by atoms with van der Waals surface area (Å²) in [6.45, 7) is 7.12. The number of rotatable bonds is 4. The summed E-state index contributed by atoms with van der Waals surface area (Å²) in [5, 5.41) is 3.09. The molecule has 1 aliphatic rings. The van der Waals surface area contributed by atoms with Gasteiger partial charge < -0.3 is 15.1 Å². The Bertz CT molecular complexity index is 441. The van der Waals surface area contributed by atoms with Crippen molar-refractivity contribution in [2.24, 2.45) is 0 Å². The first-order chi connectivity index (χ1) is 9.54. The van der Waals surface area contributed by atoms with Crippen LogP contribution in [-0.4, -0.2) is 45.7 Å². The molecule has 4 nitrogen and oxygen atoms in total. The van der Waals surface area contributed by atoms with Crippen molar-refractivity contribution in [2.75, 3.05) is 39.8 Å². The van der Waals surface area contributed by atoms with Crippen molar-refractivity contribution in [3.8, 4) is 0 Å². The molecule has 3 N–H and O–H groups in total. The molecular formula is C15H24BrN3O+2. The second kappa shape index (κ2) is 7.20. The van der Waals surface area contributed by atoms with Crippen LogP contribution in [0.15, 0.2) is 28.7 Å². The molecule has 1 aromatic carbocycles. The smallest absolute Gasteiger partial charge is 0.275 e. The number of halogens is 1. The van der Waals surface area contributed by atoms with E-state index in [2.05, 4.69) is 28.3 Å². The van der Waals surface area contributed by atoms with E-state index in [1.165, 1.54) is 4.90 Å². The molecule has 2 rings (SSSR count). The molecule has 1 atom stereocenters. The quantitative estimate of drug-likeness (QED) is 0.648. The topological polar surface area (TPSA) is 38.0 Å². The zero-order valence-corrected chi connectivity index (χ0v) is 13.8. The van der Waals surface area contributed by atoms with Gasteiger partial charge in [0.05, 0.1) is 13.1 Å². The van der Waals surface area contributed by atoms with Crippen molar-refractivity contribution in [3.05, 3.63) is 34.3 Å². The number of carbonyl (C=O) groups is 1. The minimum atomic E-state index is 0.0630. The largest absolute Gasteiger partial charge is 0.345 e. The monoisotopic (exact) mass is 341 g/mol. The Labute approximate surface area is 129 Å². The van der Waals surface area contributed by atoms with Gasteiger partial charge in [0.1, 0.15) is 26.2 Å². The maximum atomic E-state index is 12.1. The van der Waals surface area contributed by atoms with Crippen LogP contribution in [0.25, 0.3) is 0 Å². The number of nitrogens with one attached hydrogen (secondary N) is 3. The van der Waals surface area contributed by atoms with Gasteiger partial charge in [0.2, 0.25) is 0 Å². The van der Waals surface area contributed by atoms with E-state index in [1.807, 2.05) is 31.2 Å². The zero-order chi connectivity index (χ0) is 14.5. The molecule has 0 spiro atoms. The lowest BCUT2D eigenvalue weighted by molar-refractivity contribution is -1.000. The van der Waals surface area contributed by atoms with Crippen molar-refractivity contribution < 1.29 is 14.6 Å². The van der Waals surface area contributed by atoms with Crippen molar-refractivity contribution in [2.45, 2.75) is 13.0 Å². The fourth-order valence-electron chi connectivity index (χ4n) is 2.56. The second-order valence-electron chi connectivity index (χ2n) is 5.72. The van der Waals surface area contributed by atoms with Crippen molar-refractivity contribution in [1.82, 2.24) is 5.32 Å². The highest BCUT2D eigenvalue weighted by Crippen LogP contribution is 2.16. The Hall–Kier alpha value is -0.910. The van der Waals surface area contributed by atoms with Crippen LogP contribution >= 0.6 is 15.9 Å². The van der Waals surface area contributed by atoms with Crippen LogP contribution in [0.1, 0.15) is 18.5 Å². The molecule has 1 saturated heterocycles. The van der Waals surface area contributed by atoms with Crippen molar-refractivity contribution in [3.63, 3.8) is 0 Å². The highest BCUT2D eigenvalue weighted by atomic mass is 79.9. The van der Waals surface area contributed by atoms with Gasteiger partial charge in [-0.1, -0.05) is 28.1 Å². The maximum Gasteiger partial charge on any atom is 0.275 e. The summed E-state index contributed by atoms with van der Waals surface area (Å²) in [6.07, 6.45) is 0. The number of amides is 1. The average Bonchev–Trinajstić information content (AvgIpc) is 2.42. The van der Waals surface area contributed by atoms with Gasteiger partial charge in [-0.25, -0.2) is 0 Å². The molecule has 0 saturated carbocycles. The maximum absolute atomic E-state index is 12.1. The van der Waals surface area contributed by atoms with Gasteiger partial charge in [0.15, 0.2) is 6.54 Å². The molecule has 1 aromatic rings. The molecular weight excluding hydrogens is 318 g/mol. The van der Waals surface area contributed by atoms with E-state index in [-0.39, 0.29) is 11.9 Å². The fraction of sp³-hybridized carbons (Fsp3) is 0.533. The van der Waals surface area contributed by atoms with Crippen LogP contribution in [0.3, 0.4) is 0 Å². The first kappa shape index (κ1) is 15.5. The lowest BCUT2D eigenvalue weighted by Crippen LogP contribution is -3.27. The van der Waals surface area contributed by atoms with Crippen LogP contribution in [-0.2, 0) is 4.79 Å². The van der Waals surface area contributed by atoms with E-state index < -0.39 is 0 Å². The highest BCUT2D eigenvalue weighted by molar-refractivity contribution is 9.10. The van der Waals surface area contributed by atoms with Gasteiger partial charge in [0, 0.05) is 4.47 Å². The number of likely N-dealkylation sites (N-methyl/N-ethyl adjacent to an activating group) is 1. The number of carbonyl (C=O) groups excluding carboxylic acids is 1. The van der Waals surface area contributed by atoms with E-state index in [4.69, 9.17) is 0 Å². The molecule has 1 amide bonds. The van der Waals surface area contributed by atoms with Gasteiger partial charge >= 0.3 is 0 Å². The molecule has 1 fully saturated rings. The minimum Gasteiger partial charge on any atom is -0.345 e. The molecule has 0 aliphatic carbocycles. The van der Waals surface area contributed by atoms with Crippen molar-refractivity contribution >= 4 is 21.8 Å². The van der Waals surface area contributed by atoms with E-state index in [1.54, 1.807) is 4.90 Å². The lowest BCUT2D eigenvalue weighted by Gasteiger charge is -2.27. The molecule has 110 valence electrons. The average molecular weight is 342 g/mol. The Morgan fingerprint density at radius 1 is 1.25 bits per heavy atom. The van der Waals surface area contributed by atoms with Gasteiger partial charge in [-0.05, 0) is 24.6 Å². The number of piperazine rings is 1. The molecule has 0 unspecified atom stereocenters. The third-order valence-corrected chi connectivity index (χ3v) is 4.50. The molecule has 1 aliphatic heterocycles. The van der Waals surface area contributed by atoms with Crippen LogP contribution in [0.4, 0.5) is 0 Å². The first-order valence-electron chi connectivity index (χ1n) is 7.24. The van der Waals surface area contributed by atoms with Crippen LogP contribution < -0.4 is 15.1 Å². The Morgan fingerprint density at radius 2 is 1.85 bits per heavy atom. The van der Waals surface area contributed by atoms with Gasteiger partial charge in [0.25, 0.3) is 5.91 Å². The zero-order valence-electron chi connectivity index (χ0n) is 12.2. The highest BCUT2D eigenvalue weighted by Gasteiger charge is 2.22. The van der Waals surface area contributed by atoms with E-state index in [0.717, 1.165) is 36.2 Å². The fourth-order valence-corrected chi connectivity index (χ4v) is 2.83. The van der Waals surface area contributed by atoms with E-state index >= 15 is 0 Å². The first-order valence-corrected chi connectivity index (χ1v) is 8.03. The summed E-state index contributed by atoms with van der Waals surface area (Å²) < 4.78 is 1.06. The normalized spacial score (nSPS) is 24.1. The Balaban J connectivity index is 1.80. The molecule has 20 heavy (non-hydrogen) atoms. The van der Waals surface area contributed by atoms with E-state index in [9.17, 15) is 4.79 Å². The summed E-state index contributed by atoms with van der Waals surface area (Å²) in [7, 11) is 2.21. The summed E-state index contributed by atoms with van der Waals surface area (Å²) in [6, 6.07) is 8.16. The standard InChI is InChI=1S/C15H22BrN3O/c1-12(13-3-5-14(16)6-4-13)17-15(20)11-19-9-7-18(2)8-10-19/h3-6,12H,7-11H2,1-2H3,(H,17,20)/p+2/t12-/m1/s1. The van der Waals surface area contributed by atoms with Gasteiger partial charge in [-0.2, -0.15) is 0 Å². The lowest BCUT2D eigenvalue weighted by atomic mass is 10.1. The second-order valence-corrected chi connectivity index (χ2v) is 6.64. The van der Waals surface area contributed by atoms with Crippen LogP contribution in [0, 0.1) is 0 Å². The molecule has 0 bridgehead atoms. The van der Waals surface area contributed by atoms with Crippen molar-refractivity contribution in [1.29, 1.82) is 0 Å². The third-order valence-electron chi connectivity index (χ3n) is 3.97.